The number of hydrogen-bond donors (Lipinski definition) is 3. The average molecular weight is 419 g/mol. The molecule has 1 aliphatic heterocycles. The number of methoxy groups -OCH3 is 1. The molecule has 0 bridgehead atoms. The average Bonchev–Trinajstić information content (AvgIpc) is 2.98. The fourth-order valence-corrected chi connectivity index (χ4v) is 3.20. The fourth-order valence-electron chi connectivity index (χ4n) is 3.20. The van der Waals surface area contributed by atoms with Gasteiger partial charge in [0.05, 0.1) is 6.61 Å². The highest BCUT2D eigenvalue weighted by Gasteiger charge is 2.60. The zero-order valence-corrected chi connectivity index (χ0v) is 16.2. The van der Waals surface area contributed by atoms with E-state index in [2.05, 4.69) is 10.3 Å². The zero-order valence-electron chi connectivity index (χ0n) is 16.2. The van der Waals surface area contributed by atoms with Gasteiger partial charge in [0.15, 0.2) is 18.4 Å². The zero-order chi connectivity index (χ0) is 21.9. The summed E-state index contributed by atoms with van der Waals surface area (Å²) in [6.45, 7) is 0.373. The molecule has 1 fully saturated rings. The molecule has 3 rings (SSSR count). The second-order valence-corrected chi connectivity index (χ2v) is 6.52. The van der Waals surface area contributed by atoms with Crippen molar-refractivity contribution >= 4 is 17.7 Å². The first-order valence-corrected chi connectivity index (χ1v) is 8.96. The lowest BCUT2D eigenvalue weighted by molar-refractivity contribution is -0.257. The smallest absolute Gasteiger partial charge is 0.351 e. The molecule has 0 spiro atoms. The predicted molar refractivity (Wildman–Crippen MR) is 101 cm³/mol. The van der Waals surface area contributed by atoms with Crippen LogP contribution in [0.2, 0.25) is 0 Å². The number of anilines is 1. The molecule has 1 aromatic carbocycles. The summed E-state index contributed by atoms with van der Waals surface area (Å²) in [7, 11) is 1.22. The number of hydrogen-bond acceptors (Lipinski definition) is 9. The van der Waals surface area contributed by atoms with Crippen molar-refractivity contribution in [2.75, 3.05) is 19.0 Å². The number of nitrogens with zero attached hydrogens (tertiary/aromatic N) is 2. The molecular formula is C19H21N3O8. The summed E-state index contributed by atoms with van der Waals surface area (Å²) in [5.41, 5.74) is -0.434. The van der Waals surface area contributed by atoms with Crippen LogP contribution in [0.1, 0.15) is 23.5 Å². The van der Waals surface area contributed by atoms with Gasteiger partial charge in [-0.05, 0) is 18.2 Å². The van der Waals surface area contributed by atoms with Crippen LogP contribution >= 0.6 is 0 Å². The molecule has 1 saturated heterocycles. The van der Waals surface area contributed by atoms with Crippen LogP contribution in [0.5, 0.6) is 0 Å². The van der Waals surface area contributed by atoms with Gasteiger partial charge in [-0.25, -0.2) is 4.79 Å². The minimum absolute atomic E-state index is 0.00558. The van der Waals surface area contributed by atoms with Crippen LogP contribution in [0.4, 0.5) is 5.82 Å². The maximum Gasteiger partial charge on any atom is 0.351 e. The first-order chi connectivity index (χ1) is 14.3. The Morgan fingerprint density at radius 1 is 1.30 bits per heavy atom. The van der Waals surface area contributed by atoms with Gasteiger partial charge in [0.2, 0.25) is 0 Å². The van der Waals surface area contributed by atoms with Crippen LogP contribution in [0.15, 0.2) is 47.4 Å². The summed E-state index contributed by atoms with van der Waals surface area (Å²) in [5, 5.41) is 22.8. The van der Waals surface area contributed by atoms with E-state index in [1.165, 1.54) is 19.4 Å². The van der Waals surface area contributed by atoms with E-state index in [1.807, 2.05) is 0 Å². The molecule has 0 saturated carbocycles. The van der Waals surface area contributed by atoms with Crippen molar-refractivity contribution in [2.45, 2.75) is 31.1 Å². The molecule has 0 unspecified atom stereocenters. The summed E-state index contributed by atoms with van der Waals surface area (Å²) >= 11 is 0. The molecule has 1 aliphatic rings. The Morgan fingerprint density at radius 2 is 2.00 bits per heavy atom. The summed E-state index contributed by atoms with van der Waals surface area (Å²) in [4.78, 5) is 40.0. The summed E-state index contributed by atoms with van der Waals surface area (Å²) in [5.74, 6) is -3.59. The molecule has 3 N–H and O–H groups in total. The van der Waals surface area contributed by atoms with Gasteiger partial charge in [-0.3, -0.25) is 14.2 Å². The van der Waals surface area contributed by atoms with Gasteiger partial charge in [-0.1, -0.05) is 18.2 Å². The second kappa shape index (κ2) is 8.71. The molecule has 160 valence electrons. The Kier molecular flexibility index (Phi) is 6.27. The van der Waals surface area contributed by atoms with E-state index in [-0.39, 0.29) is 5.82 Å². The maximum absolute atomic E-state index is 12.5. The summed E-state index contributed by atoms with van der Waals surface area (Å²) in [6.07, 6.45) is -2.67. The SMILES string of the molecule is CO[C@H]1[C@H](n2ccc(NC(=O)c3ccccc3)nc2=O)O[C@H](CO)[C@]1(O)OC(C)=O. The van der Waals surface area contributed by atoms with Gasteiger partial charge in [0, 0.05) is 25.8 Å². The number of aromatic nitrogens is 2. The van der Waals surface area contributed by atoms with E-state index in [0.29, 0.717) is 5.56 Å². The van der Waals surface area contributed by atoms with Gasteiger partial charge in [0.25, 0.3) is 11.7 Å². The molecule has 2 heterocycles. The van der Waals surface area contributed by atoms with Gasteiger partial charge in [-0.2, -0.15) is 4.98 Å². The molecule has 1 aromatic heterocycles. The summed E-state index contributed by atoms with van der Waals surface area (Å²) in [6, 6.07) is 9.74. The molecule has 30 heavy (non-hydrogen) atoms. The third-order valence-electron chi connectivity index (χ3n) is 4.54. The molecule has 1 amide bonds. The lowest BCUT2D eigenvalue weighted by Crippen LogP contribution is -2.53. The monoisotopic (exact) mass is 419 g/mol. The van der Waals surface area contributed by atoms with Gasteiger partial charge >= 0.3 is 11.7 Å². The standard InChI is InChI=1S/C19H21N3O8/c1-11(24)30-19(27)13(10-23)29-17(15(19)28-2)22-9-8-14(21-18(22)26)20-16(25)12-6-4-3-5-7-12/h3-9,13,15,17,23,27H,10H2,1-2H3,(H,20,21,25,26)/t13-,15+,17-,19+/m1/s1. The highest BCUT2D eigenvalue weighted by atomic mass is 16.7. The van der Waals surface area contributed by atoms with E-state index in [9.17, 15) is 24.6 Å². The first-order valence-electron chi connectivity index (χ1n) is 8.96. The number of amides is 1. The number of carbonyl (C=O) groups excluding carboxylic acids is 2. The van der Waals surface area contributed by atoms with Gasteiger partial charge in [-0.15, -0.1) is 0 Å². The normalized spacial score (nSPS) is 25.7. The second-order valence-electron chi connectivity index (χ2n) is 6.52. The number of rotatable bonds is 6. The molecule has 0 aliphatic carbocycles. The van der Waals surface area contributed by atoms with Crippen molar-refractivity contribution < 1.29 is 34.0 Å². The number of carbonyl (C=O) groups is 2. The maximum atomic E-state index is 12.5. The van der Waals surface area contributed by atoms with Crippen molar-refractivity contribution in [3.8, 4) is 0 Å². The molecule has 0 radical (unpaired) electrons. The number of esters is 1. The molecular weight excluding hydrogens is 398 g/mol. The third-order valence-corrected chi connectivity index (χ3v) is 4.54. The number of ether oxygens (including phenoxy) is 3. The van der Waals surface area contributed by atoms with Crippen LogP contribution in [-0.4, -0.2) is 63.4 Å². The quantitative estimate of drug-likeness (QED) is 0.422. The van der Waals surface area contributed by atoms with Crippen molar-refractivity contribution in [3.63, 3.8) is 0 Å². The number of nitrogens with one attached hydrogen (secondary N) is 1. The molecule has 11 heteroatoms. The minimum atomic E-state index is -2.32. The predicted octanol–water partition coefficient (Wildman–Crippen LogP) is -0.348. The number of benzene rings is 1. The lowest BCUT2D eigenvalue weighted by atomic mass is 10.1. The van der Waals surface area contributed by atoms with Crippen LogP contribution in [0.3, 0.4) is 0 Å². The van der Waals surface area contributed by atoms with Crippen LogP contribution < -0.4 is 11.0 Å². The van der Waals surface area contributed by atoms with Gasteiger partial charge < -0.3 is 29.7 Å². The Bertz CT molecular complexity index is 979. The fraction of sp³-hybridized carbons (Fsp3) is 0.368. The molecule has 2 aromatic rings. The van der Waals surface area contributed by atoms with Crippen molar-refractivity contribution in [3.05, 3.63) is 58.6 Å². The first kappa shape index (κ1) is 21.6. The molecule has 11 nitrogen and oxygen atoms in total. The Labute approximate surface area is 170 Å². The number of aliphatic hydroxyl groups is 2. The van der Waals surface area contributed by atoms with Crippen LogP contribution in [0.25, 0.3) is 0 Å². The van der Waals surface area contributed by atoms with Crippen LogP contribution in [-0.2, 0) is 19.0 Å². The minimum Gasteiger partial charge on any atom is -0.427 e. The summed E-state index contributed by atoms with van der Waals surface area (Å²) < 4.78 is 16.7. The van der Waals surface area contributed by atoms with Crippen molar-refractivity contribution in [2.24, 2.45) is 0 Å². The van der Waals surface area contributed by atoms with Crippen molar-refractivity contribution in [1.29, 1.82) is 0 Å². The largest absolute Gasteiger partial charge is 0.427 e. The van der Waals surface area contributed by atoms with Crippen LogP contribution in [0, 0.1) is 0 Å². The third kappa shape index (κ3) is 4.09. The molecule has 4 atom stereocenters. The Balaban J connectivity index is 1.86. The van der Waals surface area contributed by atoms with E-state index in [1.54, 1.807) is 30.3 Å². The highest BCUT2D eigenvalue weighted by molar-refractivity contribution is 6.03. The van der Waals surface area contributed by atoms with Crippen molar-refractivity contribution in [1.82, 2.24) is 9.55 Å². The lowest BCUT2D eigenvalue weighted by Gasteiger charge is -2.31. The van der Waals surface area contributed by atoms with E-state index < -0.39 is 48.4 Å². The Morgan fingerprint density at radius 3 is 2.57 bits per heavy atom. The van der Waals surface area contributed by atoms with E-state index in [4.69, 9.17) is 14.2 Å². The topological polar surface area (TPSA) is 149 Å². The highest BCUT2D eigenvalue weighted by Crippen LogP contribution is 2.39. The van der Waals surface area contributed by atoms with E-state index >= 15 is 0 Å². The van der Waals surface area contributed by atoms with E-state index in [0.717, 1.165) is 11.5 Å². The Hall–Kier alpha value is -3.12. The number of aliphatic hydroxyl groups excluding tert-OH is 1. The van der Waals surface area contributed by atoms with Gasteiger partial charge in [0.1, 0.15) is 5.82 Å².